The van der Waals surface area contributed by atoms with Gasteiger partial charge < -0.3 is 10.4 Å². The molecule has 0 unspecified atom stereocenters. The molecule has 0 heterocycles. The Labute approximate surface area is 36.0 Å². The predicted octanol–water partition coefficient (Wildman–Crippen LogP) is -0.710. The molecule has 0 aromatic rings. The normalized spacial score (nSPS) is 8.17. The summed E-state index contributed by atoms with van der Waals surface area (Å²) in [4.78, 5) is 9.54. The molecule has 0 amide bonds. The molecule has 0 bridgehead atoms. The van der Waals surface area contributed by atoms with E-state index in [1.54, 1.807) is 7.05 Å². The van der Waals surface area contributed by atoms with Crippen molar-refractivity contribution in [2.75, 3.05) is 13.6 Å². The Morgan fingerprint density at radius 2 is 2.50 bits per heavy atom. The van der Waals surface area contributed by atoms with E-state index in [-0.39, 0.29) is 6.54 Å². The summed E-state index contributed by atoms with van der Waals surface area (Å²) in [6.07, 6.45) is 0. The number of carboxylic acid groups (broad SMARTS) is 1. The minimum Gasteiger partial charge on any atom is -0.480 e. The molecule has 6 heavy (non-hydrogen) atoms. The van der Waals surface area contributed by atoms with Crippen LogP contribution in [-0.2, 0) is 4.79 Å². The monoisotopic (exact) mass is 88.1 g/mol. The van der Waals surface area contributed by atoms with Crippen LogP contribution in [0.5, 0.6) is 0 Å². The van der Waals surface area contributed by atoms with Crippen molar-refractivity contribution in [3.8, 4) is 0 Å². The third-order valence-electron chi connectivity index (χ3n) is 0.328. The highest BCUT2D eigenvalue weighted by Gasteiger charge is 1.86. The molecule has 0 saturated heterocycles. The second-order valence-corrected chi connectivity index (χ2v) is 0.924. The number of hydrogen-bond acceptors (Lipinski definition) is 2. The second kappa shape index (κ2) is 2.66. The van der Waals surface area contributed by atoms with E-state index in [9.17, 15) is 4.79 Å². The second-order valence-electron chi connectivity index (χ2n) is 0.924. The first kappa shape index (κ1) is 5.43. The van der Waals surface area contributed by atoms with Gasteiger partial charge in [0.2, 0.25) is 0 Å². The van der Waals surface area contributed by atoms with Crippen LogP contribution in [0.1, 0.15) is 0 Å². The van der Waals surface area contributed by atoms with E-state index in [4.69, 9.17) is 5.11 Å². The van der Waals surface area contributed by atoms with Crippen LogP contribution in [0.25, 0.3) is 0 Å². The molecule has 0 aromatic heterocycles. The third-order valence-corrected chi connectivity index (χ3v) is 0.328. The average molecular weight is 88.1 g/mol. The van der Waals surface area contributed by atoms with Gasteiger partial charge >= 0.3 is 5.97 Å². The number of nitrogens with one attached hydrogen (secondary N) is 1. The summed E-state index contributed by atoms with van der Waals surface area (Å²) in [5, 5.41) is 10.3. The topological polar surface area (TPSA) is 49.3 Å². The number of likely N-dealkylation sites (N-methyl/N-ethyl adjacent to an activating group) is 1. The van der Waals surface area contributed by atoms with Gasteiger partial charge in [-0.05, 0) is 7.05 Å². The van der Waals surface area contributed by atoms with E-state index in [0.29, 0.717) is 0 Å². The van der Waals surface area contributed by atoms with Gasteiger partial charge in [-0.1, -0.05) is 0 Å². The SMILES string of the molecule is [11CH3]NCC(=O)O. The summed E-state index contributed by atoms with van der Waals surface area (Å²) < 4.78 is 0. The van der Waals surface area contributed by atoms with E-state index in [2.05, 4.69) is 5.32 Å². The van der Waals surface area contributed by atoms with E-state index in [1.807, 2.05) is 0 Å². The van der Waals surface area contributed by atoms with Crippen LogP contribution in [0.4, 0.5) is 0 Å². The molecule has 0 atom stereocenters. The van der Waals surface area contributed by atoms with Crippen LogP contribution in [0.3, 0.4) is 0 Å². The molecular weight excluding hydrogens is 81.0 g/mol. The maximum Gasteiger partial charge on any atom is 0.317 e. The summed E-state index contributed by atoms with van der Waals surface area (Å²) in [6, 6.07) is 0. The quantitative estimate of drug-likeness (QED) is 0.469. The molecule has 2 N–H and O–H groups in total. The molecule has 3 nitrogen and oxygen atoms in total. The van der Waals surface area contributed by atoms with E-state index in [1.165, 1.54) is 0 Å². The van der Waals surface area contributed by atoms with Gasteiger partial charge in [0, 0.05) is 0 Å². The first-order chi connectivity index (χ1) is 2.77. The van der Waals surface area contributed by atoms with Crippen molar-refractivity contribution < 1.29 is 9.90 Å². The fourth-order valence-electron chi connectivity index (χ4n) is 0.151. The number of carboxylic acids is 1. The Bertz CT molecular complexity index is 52.8. The van der Waals surface area contributed by atoms with Crippen molar-refractivity contribution in [1.82, 2.24) is 5.32 Å². The highest BCUT2D eigenvalue weighted by atomic mass is 16.4. The number of rotatable bonds is 2. The predicted molar refractivity (Wildman–Crippen MR) is 21.6 cm³/mol. The van der Waals surface area contributed by atoms with Crippen molar-refractivity contribution in [2.45, 2.75) is 0 Å². The lowest BCUT2D eigenvalue weighted by Gasteiger charge is -1.84. The maximum atomic E-state index is 9.54. The minimum atomic E-state index is -0.822. The summed E-state index contributed by atoms with van der Waals surface area (Å²) in [5.74, 6) is -0.822. The fourth-order valence-corrected chi connectivity index (χ4v) is 0.151. The van der Waals surface area contributed by atoms with Crippen molar-refractivity contribution in [1.29, 1.82) is 0 Å². The molecule has 0 saturated carbocycles. The maximum absolute atomic E-state index is 9.54. The Morgan fingerprint density at radius 1 is 2.00 bits per heavy atom. The molecule has 0 spiro atoms. The molecule has 0 aliphatic heterocycles. The zero-order valence-corrected chi connectivity index (χ0v) is 3.56. The Balaban J connectivity index is 2.83. The largest absolute Gasteiger partial charge is 0.480 e. The lowest BCUT2D eigenvalue weighted by molar-refractivity contribution is -0.135. The van der Waals surface area contributed by atoms with Crippen LogP contribution in [0, 0.1) is 0 Å². The van der Waals surface area contributed by atoms with Gasteiger partial charge in [-0.25, -0.2) is 0 Å². The standard InChI is InChI=1S/C3H7NO2/c1-4-2-3(5)6/h4H,2H2,1H3,(H,5,6)/i1-1. The Morgan fingerprint density at radius 3 is 2.50 bits per heavy atom. The average Bonchev–Trinajstić information content (AvgIpc) is 1.35. The first-order valence-electron chi connectivity index (χ1n) is 1.63. The van der Waals surface area contributed by atoms with E-state index in [0.717, 1.165) is 0 Å². The van der Waals surface area contributed by atoms with Gasteiger partial charge in [0.25, 0.3) is 0 Å². The molecular formula is C3H7NO2. The summed E-state index contributed by atoms with van der Waals surface area (Å²) in [7, 11) is 1.59. The van der Waals surface area contributed by atoms with Gasteiger partial charge in [0.15, 0.2) is 0 Å². The lowest BCUT2D eigenvalue weighted by Crippen LogP contribution is -2.16. The molecule has 0 aliphatic rings. The zero-order valence-electron chi connectivity index (χ0n) is 3.56. The highest BCUT2D eigenvalue weighted by molar-refractivity contribution is 5.68. The third kappa shape index (κ3) is 3.43. The van der Waals surface area contributed by atoms with Crippen LogP contribution in [0.15, 0.2) is 0 Å². The van der Waals surface area contributed by atoms with Crippen molar-refractivity contribution in [3.05, 3.63) is 0 Å². The number of hydrogen-bond donors (Lipinski definition) is 2. The van der Waals surface area contributed by atoms with Gasteiger partial charge in [0.05, 0.1) is 6.54 Å². The molecule has 0 aliphatic carbocycles. The van der Waals surface area contributed by atoms with Gasteiger partial charge in [-0.3, -0.25) is 4.79 Å². The summed E-state index contributed by atoms with van der Waals surface area (Å²) in [5.41, 5.74) is 0. The van der Waals surface area contributed by atoms with Crippen molar-refractivity contribution in [2.24, 2.45) is 0 Å². The van der Waals surface area contributed by atoms with Gasteiger partial charge in [-0.2, -0.15) is 0 Å². The molecule has 3 heteroatoms. The van der Waals surface area contributed by atoms with E-state index < -0.39 is 5.97 Å². The first-order valence-corrected chi connectivity index (χ1v) is 1.63. The van der Waals surface area contributed by atoms with Crippen LogP contribution >= 0.6 is 0 Å². The Hall–Kier alpha value is -0.570. The minimum absolute atomic E-state index is 0.0417. The Kier molecular flexibility index (Phi) is 2.40. The van der Waals surface area contributed by atoms with Crippen LogP contribution < -0.4 is 5.32 Å². The molecule has 0 radical (unpaired) electrons. The number of aliphatic carboxylic acids is 1. The van der Waals surface area contributed by atoms with Crippen molar-refractivity contribution >= 4 is 5.97 Å². The smallest absolute Gasteiger partial charge is 0.317 e. The number of carbonyl (C=O) groups is 1. The lowest BCUT2D eigenvalue weighted by atomic mass is 10.5. The van der Waals surface area contributed by atoms with Gasteiger partial charge in [-0.15, -0.1) is 0 Å². The summed E-state index contributed by atoms with van der Waals surface area (Å²) in [6.45, 7) is 0.0417. The van der Waals surface area contributed by atoms with Crippen LogP contribution in [0.2, 0.25) is 0 Å². The van der Waals surface area contributed by atoms with Crippen LogP contribution in [-0.4, -0.2) is 24.7 Å². The van der Waals surface area contributed by atoms with Gasteiger partial charge in [0.1, 0.15) is 0 Å². The summed E-state index contributed by atoms with van der Waals surface area (Å²) >= 11 is 0. The van der Waals surface area contributed by atoms with Crippen molar-refractivity contribution in [3.63, 3.8) is 0 Å². The fraction of sp³-hybridized carbons (Fsp3) is 0.667. The molecule has 0 fully saturated rings. The zero-order chi connectivity index (χ0) is 4.99. The molecule has 36 valence electrons. The highest BCUT2D eigenvalue weighted by Crippen LogP contribution is 1.50. The molecule has 0 aromatic carbocycles. The van der Waals surface area contributed by atoms with E-state index >= 15 is 0 Å². The molecule has 0 rings (SSSR count).